The summed E-state index contributed by atoms with van der Waals surface area (Å²) in [5.74, 6) is -1.04. The molecule has 0 aliphatic carbocycles. The highest BCUT2D eigenvalue weighted by Gasteiger charge is 2.64. The molecule has 0 saturated carbocycles. The van der Waals surface area contributed by atoms with Crippen LogP contribution in [0.3, 0.4) is 0 Å². The number of alkyl halides is 3. The standard InChI is InChI=1S/C15H16ClF3N2O2/c1-13(2,3)11-8-14(23,15(17,18)19)21(20-11)12(22)9-4-6-10(16)7-5-9/h4-7,23H,8H2,1-3H3/t14-/m0/s1. The van der Waals surface area contributed by atoms with Crippen LogP contribution < -0.4 is 0 Å². The monoisotopic (exact) mass is 348 g/mol. The largest absolute Gasteiger partial charge is 0.438 e. The fourth-order valence-corrected chi connectivity index (χ4v) is 2.24. The number of hydrogen-bond acceptors (Lipinski definition) is 3. The van der Waals surface area contributed by atoms with Gasteiger partial charge in [0.05, 0.1) is 0 Å². The third-order valence-electron chi connectivity index (χ3n) is 3.59. The molecule has 1 heterocycles. The molecule has 0 aromatic heterocycles. The van der Waals surface area contributed by atoms with Crippen LogP contribution in [-0.2, 0) is 0 Å². The zero-order valence-electron chi connectivity index (χ0n) is 12.8. The van der Waals surface area contributed by atoms with E-state index in [4.69, 9.17) is 11.6 Å². The van der Waals surface area contributed by atoms with E-state index in [-0.39, 0.29) is 16.3 Å². The summed E-state index contributed by atoms with van der Waals surface area (Å²) in [6.45, 7) is 5.00. The zero-order valence-corrected chi connectivity index (χ0v) is 13.5. The quantitative estimate of drug-likeness (QED) is 0.838. The van der Waals surface area contributed by atoms with E-state index in [9.17, 15) is 23.1 Å². The normalized spacial score (nSPS) is 22.3. The summed E-state index contributed by atoms with van der Waals surface area (Å²) >= 11 is 5.71. The number of aliphatic hydroxyl groups is 1. The van der Waals surface area contributed by atoms with Gasteiger partial charge in [0, 0.05) is 28.1 Å². The van der Waals surface area contributed by atoms with Crippen LogP contribution in [0, 0.1) is 5.41 Å². The second-order valence-electron chi connectivity index (χ2n) is 6.41. The van der Waals surface area contributed by atoms with Crippen LogP contribution >= 0.6 is 11.6 Å². The van der Waals surface area contributed by atoms with Crippen molar-refractivity contribution in [3.63, 3.8) is 0 Å². The number of carbonyl (C=O) groups excluding carboxylic acids is 1. The van der Waals surface area contributed by atoms with Gasteiger partial charge in [-0.15, -0.1) is 0 Å². The maximum Gasteiger partial charge on any atom is 0.438 e. The minimum Gasteiger partial charge on any atom is -0.362 e. The van der Waals surface area contributed by atoms with E-state index in [0.29, 0.717) is 5.02 Å². The van der Waals surface area contributed by atoms with Crippen molar-refractivity contribution in [2.24, 2.45) is 10.5 Å². The molecule has 0 radical (unpaired) electrons. The Morgan fingerprint density at radius 1 is 1.26 bits per heavy atom. The first-order valence-electron chi connectivity index (χ1n) is 6.83. The van der Waals surface area contributed by atoms with Crippen LogP contribution in [0.15, 0.2) is 29.4 Å². The third kappa shape index (κ3) is 3.21. The van der Waals surface area contributed by atoms with Gasteiger partial charge in [-0.05, 0) is 24.3 Å². The van der Waals surface area contributed by atoms with Crippen LogP contribution in [0.1, 0.15) is 37.6 Å². The first-order valence-corrected chi connectivity index (χ1v) is 7.21. The number of amides is 1. The van der Waals surface area contributed by atoms with E-state index in [1.807, 2.05) is 0 Å². The number of hydrazone groups is 1. The van der Waals surface area contributed by atoms with Gasteiger partial charge >= 0.3 is 6.18 Å². The van der Waals surface area contributed by atoms with Crippen LogP contribution in [0.2, 0.25) is 5.02 Å². The number of carbonyl (C=O) groups is 1. The Labute approximate surface area is 136 Å². The Balaban J connectivity index is 2.48. The number of hydrogen-bond donors (Lipinski definition) is 1. The van der Waals surface area contributed by atoms with Crippen molar-refractivity contribution in [2.45, 2.75) is 39.1 Å². The van der Waals surface area contributed by atoms with Gasteiger partial charge in [-0.3, -0.25) is 4.79 Å². The maximum atomic E-state index is 13.4. The molecular weight excluding hydrogens is 333 g/mol. The highest BCUT2D eigenvalue weighted by Crippen LogP contribution is 2.43. The molecular formula is C15H16ClF3N2O2. The fraction of sp³-hybridized carbons (Fsp3) is 0.467. The van der Waals surface area contributed by atoms with Crippen LogP contribution in [0.4, 0.5) is 13.2 Å². The molecule has 126 valence electrons. The number of halogens is 4. The first-order chi connectivity index (χ1) is 10.4. The molecule has 0 bridgehead atoms. The Morgan fingerprint density at radius 2 is 1.78 bits per heavy atom. The summed E-state index contributed by atoms with van der Waals surface area (Å²) in [6.07, 6.45) is -5.81. The van der Waals surface area contributed by atoms with Crippen molar-refractivity contribution in [1.29, 1.82) is 0 Å². The highest BCUT2D eigenvalue weighted by molar-refractivity contribution is 6.30. The SMILES string of the molecule is CC(C)(C)C1=NN(C(=O)c2ccc(Cl)cc2)[C@@](O)(C(F)(F)F)C1. The third-order valence-corrected chi connectivity index (χ3v) is 3.84. The Morgan fingerprint density at radius 3 is 2.22 bits per heavy atom. The fourth-order valence-electron chi connectivity index (χ4n) is 2.11. The molecule has 0 saturated heterocycles. The number of nitrogens with zero attached hydrogens (tertiary/aromatic N) is 2. The summed E-state index contributed by atoms with van der Waals surface area (Å²) in [5, 5.41) is 14.4. The zero-order chi connectivity index (χ0) is 17.6. The van der Waals surface area contributed by atoms with Gasteiger partial charge in [-0.25, -0.2) is 0 Å². The number of benzene rings is 1. The maximum absolute atomic E-state index is 13.4. The first kappa shape index (κ1) is 17.7. The molecule has 1 aliphatic heterocycles. The lowest BCUT2D eigenvalue weighted by atomic mass is 9.86. The molecule has 2 rings (SSSR count). The molecule has 0 spiro atoms. The Kier molecular flexibility index (Phi) is 4.24. The summed E-state index contributed by atoms with van der Waals surface area (Å²) < 4.78 is 40.1. The smallest absolute Gasteiger partial charge is 0.362 e. The molecule has 0 fully saturated rings. The lowest BCUT2D eigenvalue weighted by Crippen LogP contribution is -2.56. The predicted molar refractivity (Wildman–Crippen MR) is 80.1 cm³/mol. The summed E-state index contributed by atoms with van der Waals surface area (Å²) in [5.41, 5.74) is -4.02. The minimum absolute atomic E-state index is 0.0454. The van der Waals surface area contributed by atoms with Crippen molar-refractivity contribution in [2.75, 3.05) is 0 Å². The van der Waals surface area contributed by atoms with E-state index in [0.717, 1.165) is 0 Å². The lowest BCUT2D eigenvalue weighted by Gasteiger charge is -2.32. The van der Waals surface area contributed by atoms with Crippen LogP contribution in [-0.4, -0.2) is 33.6 Å². The predicted octanol–water partition coefficient (Wildman–Crippen LogP) is 3.84. The Hall–Kier alpha value is -1.60. The average molecular weight is 349 g/mol. The van der Waals surface area contributed by atoms with Crippen molar-refractivity contribution in [3.8, 4) is 0 Å². The van der Waals surface area contributed by atoms with E-state index in [1.165, 1.54) is 24.3 Å². The van der Waals surface area contributed by atoms with E-state index >= 15 is 0 Å². The van der Waals surface area contributed by atoms with E-state index < -0.39 is 29.6 Å². The molecule has 1 N–H and O–H groups in total. The van der Waals surface area contributed by atoms with Crippen molar-refractivity contribution < 1.29 is 23.1 Å². The molecule has 4 nitrogen and oxygen atoms in total. The van der Waals surface area contributed by atoms with Gasteiger partial charge in [-0.1, -0.05) is 32.4 Å². The van der Waals surface area contributed by atoms with Crippen molar-refractivity contribution in [1.82, 2.24) is 5.01 Å². The second-order valence-corrected chi connectivity index (χ2v) is 6.85. The van der Waals surface area contributed by atoms with E-state index in [2.05, 4.69) is 5.10 Å². The molecule has 1 aliphatic rings. The van der Waals surface area contributed by atoms with Gasteiger partial charge in [0.25, 0.3) is 11.6 Å². The molecule has 23 heavy (non-hydrogen) atoms. The summed E-state index contributed by atoms with van der Waals surface area (Å²) in [4.78, 5) is 12.4. The van der Waals surface area contributed by atoms with Crippen molar-refractivity contribution in [3.05, 3.63) is 34.9 Å². The highest BCUT2D eigenvalue weighted by atomic mass is 35.5. The van der Waals surface area contributed by atoms with Gasteiger partial charge < -0.3 is 5.11 Å². The number of rotatable bonds is 1. The molecule has 8 heteroatoms. The van der Waals surface area contributed by atoms with Crippen molar-refractivity contribution >= 4 is 23.2 Å². The van der Waals surface area contributed by atoms with Crippen LogP contribution in [0.5, 0.6) is 0 Å². The lowest BCUT2D eigenvalue weighted by molar-refractivity contribution is -0.297. The Bertz CT molecular complexity index is 650. The van der Waals surface area contributed by atoms with Gasteiger partial charge in [0.2, 0.25) is 0 Å². The van der Waals surface area contributed by atoms with Gasteiger partial charge in [0.15, 0.2) is 0 Å². The molecule has 0 unspecified atom stereocenters. The topological polar surface area (TPSA) is 52.9 Å². The van der Waals surface area contributed by atoms with Crippen LogP contribution in [0.25, 0.3) is 0 Å². The average Bonchev–Trinajstić information content (AvgIpc) is 2.78. The molecule has 1 aromatic carbocycles. The van der Waals surface area contributed by atoms with E-state index in [1.54, 1.807) is 20.8 Å². The molecule has 1 aromatic rings. The molecule has 1 atom stereocenters. The van der Waals surface area contributed by atoms with Gasteiger partial charge in [-0.2, -0.15) is 23.3 Å². The van der Waals surface area contributed by atoms with Gasteiger partial charge in [0.1, 0.15) is 0 Å². The molecule has 1 amide bonds. The minimum atomic E-state index is -5.04. The summed E-state index contributed by atoms with van der Waals surface area (Å²) in [7, 11) is 0. The summed E-state index contributed by atoms with van der Waals surface area (Å²) in [6, 6.07) is 5.33. The second kappa shape index (κ2) is 5.49.